The summed E-state index contributed by atoms with van der Waals surface area (Å²) in [5, 5.41) is 21.7. The number of carbonyl (C=O) groups is 2. The van der Waals surface area contributed by atoms with Crippen molar-refractivity contribution in [1.29, 1.82) is 0 Å². The first-order chi connectivity index (χ1) is 10.6. The topological polar surface area (TPSA) is 105 Å². The molecule has 128 valence electrons. The molecule has 3 N–H and O–H groups in total. The minimum Gasteiger partial charge on any atom is -0.504 e. The highest BCUT2D eigenvalue weighted by Crippen LogP contribution is 2.30. The van der Waals surface area contributed by atoms with Crippen LogP contribution in [0.3, 0.4) is 0 Å². The van der Waals surface area contributed by atoms with Crippen LogP contribution in [0.2, 0.25) is 0 Å². The number of nitrogens with one attached hydrogen (secondary N) is 1. The van der Waals surface area contributed by atoms with Gasteiger partial charge in [0.25, 0.3) is 0 Å². The van der Waals surface area contributed by atoms with Gasteiger partial charge in [-0.05, 0) is 33.8 Å². The second-order valence-corrected chi connectivity index (χ2v) is 5.94. The Morgan fingerprint density at radius 3 is 2.48 bits per heavy atom. The van der Waals surface area contributed by atoms with Crippen LogP contribution in [0.5, 0.6) is 11.5 Å². The smallest absolute Gasteiger partial charge is 0.408 e. The van der Waals surface area contributed by atoms with Gasteiger partial charge < -0.3 is 25.0 Å². The zero-order valence-electron chi connectivity index (χ0n) is 13.8. The molecule has 7 nitrogen and oxygen atoms in total. The molecule has 0 aliphatic carbocycles. The van der Waals surface area contributed by atoms with Crippen LogP contribution in [0.15, 0.2) is 18.2 Å². The first kappa shape index (κ1) is 18.6. The average molecular weight is 325 g/mol. The van der Waals surface area contributed by atoms with Gasteiger partial charge in [0.15, 0.2) is 11.5 Å². The number of hydrogen-bond acceptors (Lipinski definition) is 5. The van der Waals surface area contributed by atoms with Crippen molar-refractivity contribution in [2.75, 3.05) is 6.61 Å². The van der Waals surface area contributed by atoms with E-state index in [-0.39, 0.29) is 17.9 Å². The molecule has 1 unspecified atom stereocenters. The number of benzene rings is 1. The van der Waals surface area contributed by atoms with Gasteiger partial charge in [0.05, 0.1) is 6.61 Å². The summed E-state index contributed by atoms with van der Waals surface area (Å²) in [7, 11) is 0. The van der Waals surface area contributed by atoms with E-state index >= 15 is 0 Å². The van der Waals surface area contributed by atoms with Crippen LogP contribution in [-0.2, 0) is 16.0 Å². The van der Waals surface area contributed by atoms with E-state index in [2.05, 4.69) is 5.32 Å². The zero-order chi connectivity index (χ0) is 17.6. The maximum absolute atomic E-state index is 11.7. The van der Waals surface area contributed by atoms with E-state index in [9.17, 15) is 19.8 Å². The monoisotopic (exact) mass is 325 g/mol. The predicted octanol–water partition coefficient (Wildman–Crippen LogP) is 2.31. The van der Waals surface area contributed by atoms with Crippen molar-refractivity contribution in [2.24, 2.45) is 0 Å². The lowest BCUT2D eigenvalue weighted by atomic mass is 10.0. The van der Waals surface area contributed by atoms with Crippen LogP contribution in [-0.4, -0.2) is 40.5 Å². The third-order valence-electron chi connectivity index (χ3n) is 2.80. The molecule has 7 heteroatoms. The summed E-state index contributed by atoms with van der Waals surface area (Å²) in [5.41, 5.74) is -0.371. The SMILES string of the molecule is CCOc1cccc(CC(NC(=O)OC(C)(C)C)C(=O)O)c1O. The number of rotatable bonds is 6. The lowest BCUT2D eigenvalue weighted by Gasteiger charge is -2.22. The average Bonchev–Trinajstić information content (AvgIpc) is 2.40. The van der Waals surface area contributed by atoms with Gasteiger partial charge >= 0.3 is 12.1 Å². The minimum absolute atomic E-state index is 0.0959. The number of aliphatic carboxylic acids is 1. The maximum atomic E-state index is 11.7. The lowest BCUT2D eigenvalue weighted by molar-refractivity contribution is -0.139. The molecule has 1 aromatic rings. The highest BCUT2D eigenvalue weighted by atomic mass is 16.6. The van der Waals surface area contributed by atoms with Gasteiger partial charge in [-0.3, -0.25) is 0 Å². The molecule has 0 spiro atoms. The zero-order valence-corrected chi connectivity index (χ0v) is 13.8. The number of alkyl carbamates (subject to hydrolysis) is 1. The third-order valence-corrected chi connectivity index (χ3v) is 2.80. The molecule has 0 aliphatic heterocycles. The summed E-state index contributed by atoms with van der Waals surface area (Å²) in [4.78, 5) is 23.1. The normalized spacial score (nSPS) is 12.3. The fraction of sp³-hybridized carbons (Fsp3) is 0.500. The standard InChI is InChI=1S/C16H23NO6/c1-5-22-12-8-6-7-10(13(12)18)9-11(14(19)20)17-15(21)23-16(2,3)4/h6-8,11,18H,5,9H2,1-4H3,(H,17,21)(H,19,20). The van der Waals surface area contributed by atoms with Crippen molar-refractivity contribution in [3.05, 3.63) is 23.8 Å². The van der Waals surface area contributed by atoms with Crippen molar-refractivity contribution in [1.82, 2.24) is 5.32 Å². The van der Waals surface area contributed by atoms with Gasteiger partial charge in [-0.25, -0.2) is 9.59 Å². The van der Waals surface area contributed by atoms with Crippen molar-refractivity contribution < 1.29 is 29.3 Å². The molecular weight excluding hydrogens is 302 g/mol. The van der Waals surface area contributed by atoms with Crippen molar-refractivity contribution in [3.8, 4) is 11.5 Å². The summed E-state index contributed by atoms with van der Waals surface area (Å²) >= 11 is 0. The van der Waals surface area contributed by atoms with Gasteiger partial charge in [-0.2, -0.15) is 0 Å². The van der Waals surface area contributed by atoms with E-state index < -0.39 is 23.7 Å². The number of aromatic hydroxyl groups is 1. The molecule has 0 heterocycles. The van der Waals surface area contributed by atoms with Crippen molar-refractivity contribution >= 4 is 12.1 Å². The molecule has 0 radical (unpaired) electrons. The van der Waals surface area contributed by atoms with Crippen molar-refractivity contribution in [3.63, 3.8) is 0 Å². The van der Waals surface area contributed by atoms with Crippen LogP contribution < -0.4 is 10.1 Å². The van der Waals surface area contributed by atoms with Crippen LogP contribution in [0, 0.1) is 0 Å². The number of phenols is 1. The number of carboxylic acids is 1. The highest BCUT2D eigenvalue weighted by molar-refractivity contribution is 5.80. The maximum Gasteiger partial charge on any atom is 0.408 e. The Kier molecular flexibility index (Phi) is 6.24. The van der Waals surface area contributed by atoms with Gasteiger partial charge in [-0.1, -0.05) is 12.1 Å². The van der Waals surface area contributed by atoms with E-state index in [0.717, 1.165) is 0 Å². The Balaban J connectivity index is 2.87. The van der Waals surface area contributed by atoms with Gasteiger partial charge in [-0.15, -0.1) is 0 Å². The molecule has 0 saturated carbocycles. The summed E-state index contributed by atoms with van der Waals surface area (Å²) < 4.78 is 10.3. The second-order valence-electron chi connectivity index (χ2n) is 5.94. The highest BCUT2D eigenvalue weighted by Gasteiger charge is 2.25. The van der Waals surface area contributed by atoms with Gasteiger partial charge in [0.1, 0.15) is 11.6 Å². The molecule has 1 atom stereocenters. The molecule has 1 amide bonds. The fourth-order valence-corrected chi connectivity index (χ4v) is 1.87. The van der Waals surface area contributed by atoms with Crippen LogP contribution in [0.1, 0.15) is 33.3 Å². The molecule has 0 saturated heterocycles. The Morgan fingerprint density at radius 1 is 1.30 bits per heavy atom. The predicted molar refractivity (Wildman–Crippen MR) is 83.8 cm³/mol. The number of hydrogen-bond donors (Lipinski definition) is 3. The first-order valence-electron chi connectivity index (χ1n) is 7.30. The summed E-state index contributed by atoms with van der Waals surface area (Å²) in [5.74, 6) is -1.09. The lowest BCUT2D eigenvalue weighted by Crippen LogP contribution is -2.44. The molecule has 1 rings (SSSR count). The first-order valence-corrected chi connectivity index (χ1v) is 7.30. The summed E-state index contributed by atoms with van der Waals surface area (Å²) in [6.45, 7) is 7.19. The summed E-state index contributed by atoms with van der Waals surface area (Å²) in [6, 6.07) is 3.57. The van der Waals surface area contributed by atoms with Crippen LogP contribution in [0.25, 0.3) is 0 Å². The van der Waals surface area contributed by atoms with E-state index in [4.69, 9.17) is 9.47 Å². The molecular formula is C16H23NO6. The fourth-order valence-electron chi connectivity index (χ4n) is 1.87. The van der Waals surface area contributed by atoms with E-state index in [0.29, 0.717) is 12.2 Å². The van der Waals surface area contributed by atoms with Crippen LogP contribution in [0.4, 0.5) is 4.79 Å². The van der Waals surface area contributed by atoms with E-state index in [1.54, 1.807) is 45.9 Å². The molecule has 0 aromatic heterocycles. The summed E-state index contributed by atoms with van der Waals surface area (Å²) in [6.07, 6.45) is -0.924. The van der Waals surface area contributed by atoms with Crippen molar-refractivity contribution in [2.45, 2.75) is 45.8 Å². The molecule has 23 heavy (non-hydrogen) atoms. The quantitative estimate of drug-likeness (QED) is 0.741. The molecule has 1 aromatic carbocycles. The molecule has 0 aliphatic rings. The molecule has 0 fully saturated rings. The van der Waals surface area contributed by atoms with E-state index in [1.807, 2.05) is 0 Å². The van der Waals surface area contributed by atoms with Crippen LogP contribution >= 0.6 is 0 Å². The third kappa shape index (κ3) is 6.06. The number of amides is 1. The largest absolute Gasteiger partial charge is 0.504 e. The van der Waals surface area contributed by atoms with Gasteiger partial charge in [0, 0.05) is 12.0 Å². The molecule has 0 bridgehead atoms. The number of carbonyl (C=O) groups excluding carboxylic acids is 1. The Bertz CT molecular complexity index is 564. The number of para-hydroxylation sites is 1. The number of carboxylic acid groups (broad SMARTS) is 1. The van der Waals surface area contributed by atoms with E-state index in [1.165, 1.54) is 0 Å². The number of phenolic OH excluding ortho intramolecular Hbond substituents is 1. The second kappa shape index (κ2) is 7.71. The Morgan fingerprint density at radius 2 is 1.96 bits per heavy atom. The Labute approximate surface area is 135 Å². The van der Waals surface area contributed by atoms with Gasteiger partial charge in [0.2, 0.25) is 0 Å². The number of ether oxygens (including phenoxy) is 2. The minimum atomic E-state index is -1.23. The Hall–Kier alpha value is -2.44.